The van der Waals surface area contributed by atoms with Crippen LogP contribution in [0.4, 0.5) is 11.4 Å². The molecule has 76 valence electrons. The maximum absolute atomic E-state index is 5.88. The van der Waals surface area contributed by atoms with Crippen LogP contribution in [0.5, 0.6) is 0 Å². The maximum atomic E-state index is 5.88. The summed E-state index contributed by atoms with van der Waals surface area (Å²) in [5.74, 6) is 0.856. The Balaban J connectivity index is 2.12. The quantitative estimate of drug-likeness (QED) is 0.737. The molecule has 0 spiro atoms. The number of nitrogens with two attached hydrogens (primary N) is 1. The third kappa shape index (κ3) is 1.81. The fourth-order valence-corrected chi connectivity index (χ4v) is 1.94. The minimum absolute atomic E-state index is 0.794. The monoisotopic (exact) mass is 191 g/mol. The van der Waals surface area contributed by atoms with Gasteiger partial charge in [0.1, 0.15) is 0 Å². The lowest BCUT2D eigenvalue weighted by Gasteiger charge is -2.32. The predicted octanol–water partition coefficient (Wildman–Crippen LogP) is 1.90. The van der Waals surface area contributed by atoms with E-state index in [1.807, 2.05) is 12.3 Å². The highest BCUT2D eigenvalue weighted by atomic mass is 15.1. The number of pyridine rings is 1. The molecule has 1 aromatic heterocycles. The van der Waals surface area contributed by atoms with Crippen LogP contribution in [-0.2, 0) is 0 Å². The van der Waals surface area contributed by atoms with Gasteiger partial charge in [0.2, 0.25) is 0 Å². The Bertz CT molecular complexity index is 303. The van der Waals surface area contributed by atoms with Crippen molar-refractivity contribution in [3.05, 3.63) is 18.5 Å². The molecule has 2 heterocycles. The Morgan fingerprint density at radius 2 is 2.14 bits per heavy atom. The SMILES string of the molecule is CC1CCN(c2ccncc2N)CC1. The third-order valence-corrected chi connectivity index (χ3v) is 2.95. The molecule has 0 saturated carbocycles. The summed E-state index contributed by atoms with van der Waals surface area (Å²) in [6.45, 7) is 4.55. The molecule has 2 N–H and O–H groups in total. The van der Waals surface area contributed by atoms with Gasteiger partial charge in [-0.3, -0.25) is 4.98 Å². The Labute approximate surface area is 84.9 Å². The molecule has 1 fully saturated rings. The van der Waals surface area contributed by atoms with Gasteiger partial charge in [0.25, 0.3) is 0 Å². The fourth-order valence-electron chi connectivity index (χ4n) is 1.94. The molecule has 1 aliphatic rings. The Morgan fingerprint density at radius 1 is 1.43 bits per heavy atom. The van der Waals surface area contributed by atoms with Crippen molar-refractivity contribution in [3.63, 3.8) is 0 Å². The van der Waals surface area contributed by atoms with Crippen molar-refractivity contribution in [2.24, 2.45) is 5.92 Å². The Hall–Kier alpha value is -1.25. The zero-order valence-electron chi connectivity index (χ0n) is 8.61. The number of anilines is 2. The molecule has 1 saturated heterocycles. The molecule has 0 amide bonds. The predicted molar refractivity (Wildman–Crippen MR) is 59.3 cm³/mol. The van der Waals surface area contributed by atoms with E-state index in [4.69, 9.17) is 5.73 Å². The van der Waals surface area contributed by atoms with E-state index in [9.17, 15) is 0 Å². The zero-order chi connectivity index (χ0) is 9.97. The average Bonchev–Trinajstić information content (AvgIpc) is 2.20. The molecule has 3 nitrogen and oxygen atoms in total. The van der Waals surface area contributed by atoms with Crippen LogP contribution in [0.1, 0.15) is 19.8 Å². The van der Waals surface area contributed by atoms with E-state index in [2.05, 4.69) is 16.8 Å². The molecule has 2 rings (SSSR count). The van der Waals surface area contributed by atoms with E-state index >= 15 is 0 Å². The highest BCUT2D eigenvalue weighted by Gasteiger charge is 2.17. The molecule has 0 aliphatic carbocycles. The van der Waals surface area contributed by atoms with E-state index in [-0.39, 0.29) is 0 Å². The number of hydrogen-bond donors (Lipinski definition) is 1. The number of piperidine rings is 1. The first-order chi connectivity index (χ1) is 6.77. The number of rotatable bonds is 1. The molecule has 0 unspecified atom stereocenters. The largest absolute Gasteiger partial charge is 0.396 e. The van der Waals surface area contributed by atoms with Crippen LogP contribution < -0.4 is 10.6 Å². The minimum atomic E-state index is 0.794. The summed E-state index contributed by atoms with van der Waals surface area (Å²) in [5, 5.41) is 0. The number of aromatic nitrogens is 1. The van der Waals surface area contributed by atoms with Crippen LogP contribution >= 0.6 is 0 Å². The maximum Gasteiger partial charge on any atom is 0.0738 e. The van der Waals surface area contributed by atoms with Gasteiger partial charge in [-0.25, -0.2) is 0 Å². The van der Waals surface area contributed by atoms with Crippen molar-refractivity contribution in [1.29, 1.82) is 0 Å². The standard InChI is InChI=1S/C11H17N3/c1-9-3-6-14(7-4-9)11-2-5-13-8-10(11)12/h2,5,8-9H,3-4,6-7,12H2,1H3. The van der Waals surface area contributed by atoms with E-state index in [0.29, 0.717) is 0 Å². The third-order valence-electron chi connectivity index (χ3n) is 2.95. The second-order valence-electron chi connectivity index (χ2n) is 4.10. The molecule has 0 radical (unpaired) electrons. The lowest BCUT2D eigenvalue weighted by molar-refractivity contribution is 0.438. The summed E-state index contributed by atoms with van der Waals surface area (Å²) < 4.78 is 0. The topological polar surface area (TPSA) is 42.2 Å². The molecular weight excluding hydrogens is 174 g/mol. The molecule has 0 atom stereocenters. The first kappa shape index (κ1) is 9.31. The second kappa shape index (κ2) is 3.86. The van der Waals surface area contributed by atoms with Crippen LogP contribution in [0, 0.1) is 5.92 Å². The summed E-state index contributed by atoms with van der Waals surface area (Å²) in [5.41, 5.74) is 7.82. The van der Waals surface area contributed by atoms with E-state index in [0.717, 1.165) is 30.4 Å². The highest BCUT2D eigenvalue weighted by molar-refractivity contribution is 5.66. The smallest absolute Gasteiger partial charge is 0.0738 e. The molecule has 0 bridgehead atoms. The van der Waals surface area contributed by atoms with Crippen molar-refractivity contribution in [2.75, 3.05) is 23.7 Å². The molecule has 1 aliphatic heterocycles. The number of hydrogen-bond acceptors (Lipinski definition) is 3. The molecule has 1 aromatic rings. The lowest BCUT2D eigenvalue weighted by Crippen LogP contribution is -2.33. The van der Waals surface area contributed by atoms with E-state index < -0.39 is 0 Å². The van der Waals surface area contributed by atoms with Gasteiger partial charge in [-0.2, -0.15) is 0 Å². The van der Waals surface area contributed by atoms with Crippen molar-refractivity contribution < 1.29 is 0 Å². The highest BCUT2D eigenvalue weighted by Crippen LogP contribution is 2.26. The number of nitrogen functional groups attached to an aromatic ring is 1. The summed E-state index contributed by atoms with van der Waals surface area (Å²) in [6.07, 6.45) is 6.07. The summed E-state index contributed by atoms with van der Waals surface area (Å²) in [7, 11) is 0. The van der Waals surface area contributed by atoms with Gasteiger partial charge in [-0.05, 0) is 24.8 Å². The van der Waals surface area contributed by atoms with Gasteiger partial charge < -0.3 is 10.6 Å². The second-order valence-corrected chi connectivity index (χ2v) is 4.10. The summed E-state index contributed by atoms with van der Waals surface area (Å²) >= 11 is 0. The van der Waals surface area contributed by atoms with Crippen LogP contribution in [0.15, 0.2) is 18.5 Å². The van der Waals surface area contributed by atoms with Crippen molar-refractivity contribution in [1.82, 2.24) is 4.98 Å². The normalized spacial score (nSPS) is 18.5. The summed E-state index contributed by atoms with van der Waals surface area (Å²) in [4.78, 5) is 6.36. The molecular formula is C11H17N3. The first-order valence-corrected chi connectivity index (χ1v) is 5.22. The first-order valence-electron chi connectivity index (χ1n) is 5.22. The van der Waals surface area contributed by atoms with E-state index in [1.54, 1.807) is 6.20 Å². The minimum Gasteiger partial charge on any atom is -0.396 e. The summed E-state index contributed by atoms with van der Waals surface area (Å²) in [6, 6.07) is 2.01. The Morgan fingerprint density at radius 3 is 2.79 bits per heavy atom. The number of nitrogens with zero attached hydrogens (tertiary/aromatic N) is 2. The van der Waals surface area contributed by atoms with Gasteiger partial charge in [-0.1, -0.05) is 6.92 Å². The van der Waals surface area contributed by atoms with Gasteiger partial charge in [0.15, 0.2) is 0 Å². The zero-order valence-corrected chi connectivity index (χ0v) is 8.61. The van der Waals surface area contributed by atoms with Crippen molar-refractivity contribution >= 4 is 11.4 Å². The molecule has 14 heavy (non-hydrogen) atoms. The Kier molecular flexibility index (Phi) is 2.57. The van der Waals surface area contributed by atoms with E-state index in [1.165, 1.54) is 12.8 Å². The molecule has 3 heteroatoms. The van der Waals surface area contributed by atoms with Crippen LogP contribution in [-0.4, -0.2) is 18.1 Å². The van der Waals surface area contributed by atoms with Crippen LogP contribution in [0.25, 0.3) is 0 Å². The van der Waals surface area contributed by atoms with Gasteiger partial charge in [0.05, 0.1) is 17.6 Å². The van der Waals surface area contributed by atoms with Gasteiger partial charge in [0, 0.05) is 19.3 Å². The fraction of sp³-hybridized carbons (Fsp3) is 0.545. The van der Waals surface area contributed by atoms with Crippen molar-refractivity contribution in [2.45, 2.75) is 19.8 Å². The van der Waals surface area contributed by atoms with Gasteiger partial charge >= 0.3 is 0 Å². The molecule has 0 aromatic carbocycles. The van der Waals surface area contributed by atoms with Crippen molar-refractivity contribution in [3.8, 4) is 0 Å². The van der Waals surface area contributed by atoms with Crippen LogP contribution in [0.3, 0.4) is 0 Å². The lowest BCUT2D eigenvalue weighted by atomic mass is 9.99. The van der Waals surface area contributed by atoms with Crippen LogP contribution in [0.2, 0.25) is 0 Å². The van der Waals surface area contributed by atoms with Gasteiger partial charge in [-0.15, -0.1) is 0 Å². The average molecular weight is 191 g/mol.